The predicted molar refractivity (Wildman–Crippen MR) is 67.4 cm³/mol. The third-order valence-electron chi connectivity index (χ3n) is 4.35. The molecule has 0 spiro atoms. The molecule has 0 aliphatic heterocycles. The molecule has 4 atom stereocenters. The molecule has 2 saturated carbocycles. The lowest BCUT2D eigenvalue weighted by atomic mass is 9.75. The van der Waals surface area contributed by atoms with Gasteiger partial charge in [-0.3, -0.25) is 4.79 Å². The molecule has 2 aliphatic carbocycles. The summed E-state index contributed by atoms with van der Waals surface area (Å²) >= 11 is 0. The van der Waals surface area contributed by atoms with Crippen LogP contribution in [0.4, 0.5) is 0 Å². The molecule has 0 aromatic carbocycles. The zero-order valence-corrected chi connectivity index (χ0v) is 11.5. The van der Waals surface area contributed by atoms with Crippen molar-refractivity contribution in [2.45, 2.75) is 64.5 Å². The highest BCUT2D eigenvalue weighted by molar-refractivity contribution is 5.81. The van der Waals surface area contributed by atoms with Crippen molar-refractivity contribution >= 4 is 5.97 Å². The first-order valence-corrected chi connectivity index (χ1v) is 6.72. The Bertz CT molecular complexity index is 317. The number of fused-ring (bicyclic) bond motifs is 2. The summed E-state index contributed by atoms with van der Waals surface area (Å²) in [6.45, 7) is 7.53. The Morgan fingerprint density at radius 1 is 1.18 bits per heavy atom. The molecule has 2 N–H and O–H groups in total. The molecule has 2 aliphatic rings. The summed E-state index contributed by atoms with van der Waals surface area (Å²) in [5, 5.41) is 0. The molecule has 0 radical (unpaired) electrons. The van der Waals surface area contributed by atoms with E-state index in [-0.39, 0.29) is 5.97 Å². The Kier molecular flexibility index (Phi) is 3.01. The van der Waals surface area contributed by atoms with Crippen molar-refractivity contribution in [3.63, 3.8) is 0 Å². The van der Waals surface area contributed by atoms with Gasteiger partial charge in [-0.25, -0.2) is 0 Å². The number of ether oxygens (including phenoxy) is 1. The van der Waals surface area contributed by atoms with Crippen LogP contribution in [0.5, 0.6) is 0 Å². The fourth-order valence-corrected chi connectivity index (χ4v) is 3.52. The number of hydrogen-bond donors (Lipinski definition) is 1. The van der Waals surface area contributed by atoms with Gasteiger partial charge < -0.3 is 10.5 Å². The highest BCUT2D eigenvalue weighted by Gasteiger charge is 2.51. The van der Waals surface area contributed by atoms with E-state index in [1.165, 1.54) is 19.3 Å². The van der Waals surface area contributed by atoms with Crippen molar-refractivity contribution in [1.29, 1.82) is 0 Å². The zero-order chi connectivity index (χ0) is 12.8. The van der Waals surface area contributed by atoms with Gasteiger partial charge in [0.1, 0.15) is 11.1 Å². The predicted octanol–water partition coefficient (Wildman–Crippen LogP) is 2.48. The van der Waals surface area contributed by atoms with Gasteiger partial charge in [0.2, 0.25) is 0 Å². The van der Waals surface area contributed by atoms with Crippen molar-refractivity contribution in [2.24, 2.45) is 23.5 Å². The SMILES string of the molecule is CC(C)(C)OC(=O)C(C)(N)C1CC2CCC1C2. The Hall–Kier alpha value is -0.570. The van der Waals surface area contributed by atoms with E-state index in [1.807, 2.05) is 27.7 Å². The first-order chi connectivity index (χ1) is 7.70. The number of carbonyl (C=O) groups excluding carboxylic acids is 1. The van der Waals surface area contributed by atoms with E-state index in [2.05, 4.69) is 0 Å². The van der Waals surface area contributed by atoms with Crippen LogP contribution in [0.3, 0.4) is 0 Å². The maximum Gasteiger partial charge on any atom is 0.326 e. The summed E-state index contributed by atoms with van der Waals surface area (Å²) in [6, 6.07) is 0. The number of esters is 1. The van der Waals surface area contributed by atoms with E-state index in [0.717, 1.165) is 12.3 Å². The third kappa shape index (κ3) is 2.49. The van der Waals surface area contributed by atoms with Crippen LogP contribution < -0.4 is 5.73 Å². The second-order valence-electron chi connectivity index (χ2n) is 7.07. The van der Waals surface area contributed by atoms with Crippen molar-refractivity contribution in [3.8, 4) is 0 Å². The Morgan fingerprint density at radius 2 is 1.82 bits per heavy atom. The van der Waals surface area contributed by atoms with Gasteiger partial charge >= 0.3 is 5.97 Å². The van der Waals surface area contributed by atoms with Gasteiger partial charge in [0, 0.05) is 0 Å². The summed E-state index contributed by atoms with van der Waals surface area (Å²) in [5.41, 5.74) is 5.02. The van der Waals surface area contributed by atoms with Gasteiger partial charge in [0.15, 0.2) is 0 Å². The Labute approximate surface area is 104 Å². The normalized spacial score (nSPS) is 35.7. The van der Waals surface area contributed by atoms with E-state index in [9.17, 15) is 4.79 Å². The second-order valence-corrected chi connectivity index (χ2v) is 7.07. The fraction of sp³-hybridized carbons (Fsp3) is 0.929. The fourth-order valence-electron chi connectivity index (χ4n) is 3.52. The number of hydrogen-bond acceptors (Lipinski definition) is 3. The lowest BCUT2D eigenvalue weighted by molar-refractivity contribution is -0.164. The average molecular weight is 239 g/mol. The molecule has 98 valence electrons. The molecular weight excluding hydrogens is 214 g/mol. The lowest BCUT2D eigenvalue weighted by Gasteiger charge is -2.36. The van der Waals surface area contributed by atoms with Crippen LogP contribution in [-0.2, 0) is 9.53 Å². The van der Waals surface area contributed by atoms with Crippen LogP contribution in [0.1, 0.15) is 53.4 Å². The lowest BCUT2D eigenvalue weighted by Crippen LogP contribution is -2.55. The minimum atomic E-state index is -0.812. The summed E-state index contributed by atoms with van der Waals surface area (Å²) in [6.07, 6.45) is 4.94. The molecule has 0 aromatic rings. The summed E-state index contributed by atoms with van der Waals surface area (Å²) in [4.78, 5) is 12.2. The molecular formula is C14H25NO2. The monoisotopic (exact) mass is 239 g/mol. The molecule has 0 saturated heterocycles. The second kappa shape index (κ2) is 3.98. The van der Waals surface area contributed by atoms with Crippen LogP contribution in [-0.4, -0.2) is 17.1 Å². The van der Waals surface area contributed by atoms with Crippen LogP contribution >= 0.6 is 0 Å². The first-order valence-electron chi connectivity index (χ1n) is 6.72. The molecule has 0 heterocycles. The highest BCUT2D eigenvalue weighted by atomic mass is 16.6. The molecule has 2 fully saturated rings. The number of nitrogens with two attached hydrogens (primary N) is 1. The van der Waals surface area contributed by atoms with Gasteiger partial charge in [-0.1, -0.05) is 6.42 Å². The quantitative estimate of drug-likeness (QED) is 0.753. The minimum Gasteiger partial charge on any atom is -0.459 e. The molecule has 2 rings (SSSR count). The zero-order valence-electron chi connectivity index (χ0n) is 11.5. The molecule has 2 bridgehead atoms. The minimum absolute atomic E-state index is 0.234. The van der Waals surface area contributed by atoms with Crippen LogP contribution in [0, 0.1) is 17.8 Å². The van der Waals surface area contributed by atoms with E-state index < -0.39 is 11.1 Å². The van der Waals surface area contributed by atoms with Gasteiger partial charge in [0.05, 0.1) is 0 Å². The highest BCUT2D eigenvalue weighted by Crippen LogP contribution is 2.51. The molecule has 0 aromatic heterocycles. The standard InChI is InChI=1S/C14H25NO2/c1-13(2,3)17-12(16)14(4,15)11-8-9-5-6-10(11)7-9/h9-11H,5-8,15H2,1-4H3. The molecule has 0 amide bonds. The third-order valence-corrected chi connectivity index (χ3v) is 4.35. The summed E-state index contributed by atoms with van der Waals surface area (Å²) in [7, 11) is 0. The molecule has 3 heteroatoms. The molecule has 4 unspecified atom stereocenters. The van der Waals surface area contributed by atoms with Crippen molar-refractivity contribution in [1.82, 2.24) is 0 Å². The van der Waals surface area contributed by atoms with Crippen LogP contribution in [0.15, 0.2) is 0 Å². The van der Waals surface area contributed by atoms with Gasteiger partial charge in [-0.2, -0.15) is 0 Å². The van der Waals surface area contributed by atoms with Crippen LogP contribution in [0.2, 0.25) is 0 Å². The van der Waals surface area contributed by atoms with E-state index in [1.54, 1.807) is 0 Å². The number of rotatable bonds is 2. The summed E-state index contributed by atoms with van der Waals surface area (Å²) in [5.74, 6) is 1.52. The largest absolute Gasteiger partial charge is 0.459 e. The van der Waals surface area contributed by atoms with Crippen LogP contribution in [0.25, 0.3) is 0 Å². The van der Waals surface area contributed by atoms with Gasteiger partial charge in [-0.15, -0.1) is 0 Å². The smallest absolute Gasteiger partial charge is 0.326 e. The van der Waals surface area contributed by atoms with Gasteiger partial charge in [0.25, 0.3) is 0 Å². The van der Waals surface area contributed by atoms with E-state index in [0.29, 0.717) is 11.8 Å². The van der Waals surface area contributed by atoms with Crippen molar-refractivity contribution in [2.75, 3.05) is 0 Å². The van der Waals surface area contributed by atoms with Gasteiger partial charge in [-0.05, 0) is 64.7 Å². The first kappa shape index (κ1) is 12.9. The van der Waals surface area contributed by atoms with E-state index >= 15 is 0 Å². The maximum atomic E-state index is 12.2. The average Bonchev–Trinajstić information content (AvgIpc) is 2.75. The maximum absolute atomic E-state index is 12.2. The summed E-state index contributed by atoms with van der Waals surface area (Å²) < 4.78 is 5.46. The van der Waals surface area contributed by atoms with E-state index in [4.69, 9.17) is 10.5 Å². The molecule has 17 heavy (non-hydrogen) atoms. The topological polar surface area (TPSA) is 52.3 Å². The Balaban J connectivity index is 2.05. The molecule has 3 nitrogen and oxygen atoms in total. The van der Waals surface area contributed by atoms with Crippen molar-refractivity contribution in [3.05, 3.63) is 0 Å². The number of carbonyl (C=O) groups is 1. The Morgan fingerprint density at radius 3 is 2.24 bits per heavy atom. The van der Waals surface area contributed by atoms with Crippen molar-refractivity contribution < 1.29 is 9.53 Å².